The van der Waals surface area contributed by atoms with Crippen molar-refractivity contribution in [3.8, 4) is 11.4 Å². The number of hydrogen-bond acceptors (Lipinski definition) is 6. The van der Waals surface area contributed by atoms with Crippen LogP contribution in [0.2, 0.25) is 0 Å². The fraction of sp³-hybridized carbons (Fsp3) is 0.571. The minimum absolute atomic E-state index is 0.0170. The van der Waals surface area contributed by atoms with E-state index in [1.807, 2.05) is 20.8 Å². The molecule has 30 heavy (non-hydrogen) atoms. The highest BCUT2D eigenvalue weighted by Gasteiger charge is 2.33. The van der Waals surface area contributed by atoms with Gasteiger partial charge in [-0.3, -0.25) is 4.79 Å². The van der Waals surface area contributed by atoms with E-state index >= 15 is 0 Å². The van der Waals surface area contributed by atoms with Crippen molar-refractivity contribution in [2.45, 2.75) is 64.3 Å². The molecule has 2 heterocycles. The van der Waals surface area contributed by atoms with Crippen molar-refractivity contribution < 1.29 is 17.7 Å². The Morgan fingerprint density at radius 3 is 2.60 bits per heavy atom. The second-order valence-corrected chi connectivity index (χ2v) is 9.75. The van der Waals surface area contributed by atoms with Gasteiger partial charge < -0.3 is 9.84 Å². The second-order valence-electron chi connectivity index (χ2n) is 7.84. The number of aryl methyl sites for hydroxylation is 2. The largest absolute Gasteiger partial charge is 0.353 e. The van der Waals surface area contributed by atoms with E-state index in [1.54, 1.807) is 25.1 Å². The van der Waals surface area contributed by atoms with Crippen molar-refractivity contribution in [2.24, 2.45) is 5.92 Å². The Kier molecular flexibility index (Phi) is 6.92. The highest BCUT2D eigenvalue weighted by atomic mass is 32.2. The summed E-state index contributed by atoms with van der Waals surface area (Å²) in [6, 6.07) is 5.29. The average Bonchev–Trinajstić information content (AvgIpc) is 3.23. The van der Waals surface area contributed by atoms with Crippen LogP contribution in [0, 0.1) is 12.8 Å². The highest BCUT2D eigenvalue weighted by molar-refractivity contribution is 7.89. The molecular weight excluding hydrogens is 404 g/mol. The van der Waals surface area contributed by atoms with Crippen molar-refractivity contribution in [1.29, 1.82) is 0 Å². The van der Waals surface area contributed by atoms with Gasteiger partial charge in [-0.1, -0.05) is 31.1 Å². The smallest absolute Gasteiger partial charge is 0.243 e. The Hall–Kier alpha value is -2.26. The number of nitrogens with zero attached hydrogens (tertiary/aromatic N) is 3. The van der Waals surface area contributed by atoms with Gasteiger partial charge in [0.15, 0.2) is 0 Å². The first-order valence-corrected chi connectivity index (χ1v) is 11.9. The molecule has 8 nitrogen and oxygen atoms in total. The Bertz CT molecular complexity index is 994. The van der Waals surface area contributed by atoms with Gasteiger partial charge in [0.1, 0.15) is 0 Å². The van der Waals surface area contributed by atoms with Crippen LogP contribution in [0.3, 0.4) is 0 Å². The SMILES string of the molecule is CCc1nc(-c2ccc(C)c(S(=O)(=O)N3CCC(C(=O)N[C@@H](C)CC)CC3)c2)no1. The van der Waals surface area contributed by atoms with Crippen LogP contribution in [-0.4, -0.2) is 47.9 Å². The summed E-state index contributed by atoms with van der Waals surface area (Å²) >= 11 is 0. The Labute approximate surface area is 178 Å². The monoisotopic (exact) mass is 434 g/mol. The van der Waals surface area contributed by atoms with Gasteiger partial charge in [-0.15, -0.1) is 0 Å². The van der Waals surface area contributed by atoms with Crippen LogP contribution in [0.1, 0.15) is 51.5 Å². The molecular formula is C21H30N4O4S. The van der Waals surface area contributed by atoms with Gasteiger partial charge in [0, 0.05) is 37.0 Å². The molecule has 2 aromatic rings. The van der Waals surface area contributed by atoms with Crippen molar-refractivity contribution in [3.63, 3.8) is 0 Å². The molecule has 1 aliphatic heterocycles. The van der Waals surface area contributed by atoms with Gasteiger partial charge in [0.05, 0.1) is 4.90 Å². The standard InChI is InChI=1S/C21H30N4O4S/c1-5-15(4)22-21(26)16-9-11-25(12-10-16)30(27,28)18-13-17(8-7-14(18)3)20-23-19(6-2)29-24-20/h7-8,13,15-16H,5-6,9-12H2,1-4H3,(H,22,26)/t15-/m0/s1. The third-order valence-electron chi connectivity index (χ3n) is 5.66. The predicted molar refractivity (Wildman–Crippen MR) is 113 cm³/mol. The zero-order valence-electron chi connectivity index (χ0n) is 18.0. The molecule has 0 saturated carbocycles. The number of nitrogens with one attached hydrogen (secondary N) is 1. The van der Waals surface area contributed by atoms with Crippen LogP contribution in [0.5, 0.6) is 0 Å². The molecule has 0 bridgehead atoms. The molecule has 1 amide bonds. The van der Waals surface area contributed by atoms with Crippen molar-refractivity contribution in [1.82, 2.24) is 19.8 Å². The molecule has 164 valence electrons. The van der Waals surface area contributed by atoms with E-state index in [0.29, 0.717) is 55.2 Å². The summed E-state index contributed by atoms with van der Waals surface area (Å²) in [6.45, 7) is 8.33. The number of carbonyl (C=O) groups excluding carboxylic acids is 1. The van der Waals surface area contributed by atoms with Crippen LogP contribution in [0.15, 0.2) is 27.6 Å². The number of amides is 1. The summed E-state index contributed by atoms with van der Waals surface area (Å²) in [7, 11) is -3.68. The minimum atomic E-state index is -3.68. The van der Waals surface area contributed by atoms with Crippen LogP contribution in [0.25, 0.3) is 11.4 Å². The number of carbonyl (C=O) groups is 1. The number of rotatable bonds is 7. The normalized spacial score (nSPS) is 17.1. The Morgan fingerprint density at radius 1 is 1.30 bits per heavy atom. The number of sulfonamides is 1. The molecule has 1 atom stereocenters. The molecule has 1 aromatic heterocycles. The van der Waals surface area contributed by atoms with Gasteiger partial charge >= 0.3 is 0 Å². The Balaban J connectivity index is 1.76. The van der Waals surface area contributed by atoms with Crippen LogP contribution < -0.4 is 5.32 Å². The number of piperidine rings is 1. The molecule has 3 rings (SSSR count). The van der Waals surface area contributed by atoms with Crippen LogP contribution in [0.4, 0.5) is 0 Å². The number of benzene rings is 1. The topological polar surface area (TPSA) is 105 Å². The molecule has 0 radical (unpaired) electrons. The van der Waals surface area contributed by atoms with Gasteiger partial charge in [0.2, 0.25) is 27.6 Å². The van der Waals surface area contributed by atoms with E-state index in [2.05, 4.69) is 15.5 Å². The maximum absolute atomic E-state index is 13.3. The zero-order chi connectivity index (χ0) is 21.9. The second kappa shape index (κ2) is 9.26. The number of hydrogen-bond donors (Lipinski definition) is 1. The Morgan fingerprint density at radius 2 is 2.00 bits per heavy atom. The van der Waals surface area contributed by atoms with Crippen LogP contribution in [-0.2, 0) is 21.2 Å². The highest BCUT2D eigenvalue weighted by Crippen LogP contribution is 2.29. The maximum atomic E-state index is 13.3. The first-order chi connectivity index (χ1) is 14.3. The molecule has 9 heteroatoms. The summed E-state index contributed by atoms with van der Waals surface area (Å²) < 4.78 is 33.3. The molecule has 1 fully saturated rings. The molecule has 0 unspecified atom stereocenters. The predicted octanol–water partition coefficient (Wildman–Crippen LogP) is 2.92. The van der Waals surface area contributed by atoms with E-state index in [4.69, 9.17) is 4.52 Å². The summed E-state index contributed by atoms with van der Waals surface area (Å²) in [5, 5.41) is 6.94. The molecule has 1 aromatic carbocycles. The summed E-state index contributed by atoms with van der Waals surface area (Å²) in [5.41, 5.74) is 1.26. The lowest BCUT2D eigenvalue weighted by molar-refractivity contribution is -0.126. The lowest BCUT2D eigenvalue weighted by Gasteiger charge is -2.31. The fourth-order valence-corrected chi connectivity index (χ4v) is 5.21. The summed E-state index contributed by atoms with van der Waals surface area (Å²) in [5.74, 6) is 0.754. The number of aromatic nitrogens is 2. The van der Waals surface area contributed by atoms with E-state index in [9.17, 15) is 13.2 Å². The van der Waals surface area contributed by atoms with E-state index in [0.717, 1.165) is 6.42 Å². The van der Waals surface area contributed by atoms with Crippen LogP contribution >= 0.6 is 0 Å². The maximum Gasteiger partial charge on any atom is 0.243 e. The first kappa shape index (κ1) is 22.4. The zero-order valence-corrected chi connectivity index (χ0v) is 18.8. The molecule has 1 N–H and O–H groups in total. The van der Waals surface area contributed by atoms with Gasteiger partial charge in [0.25, 0.3) is 0 Å². The minimum Gasteiger partial charge on any atom is -0.353 e. The van der Waals surface area contributed by atoms with Gasteiger partial charge in [-0.05, 0) is 44.7 Å². The molecule has 0 spiro atoms. The summed E-state index contributed by atoms with van der Waals surface area (Å²) in [6.07, 6.45) is 2.52. The third-order valence-corrected chi connectivity index (χ3v) is 7.70. The van der Waals surface area contributed by atoms with E-state index in [-0.39, 0.29) is 22.8 Å². The van der Waals surface area contributed by atoms with Crippen molar-refractivity contribution in [3.05, 3.63) is 29.7 Å². The van der Waals surface area contributed by atoms with E-state index in [1.165, 1.54) is 4.31 Å². The average molecular weight is 435 g/mol. The quantitative estimate of drug-likeness (QED) is 0.718. The van der Waals surface area contributed by atoms with Gasteiger partial charge in [-0.2, -0.15) is 9.29 Å². The molecule has 1 aliphatic rings. The third kappa shape index (κ3) is 4.73. The lowest BCUT2D eigenvalue weighted by Crippen LogP contribution is -2.44. The summed E-state index contributed by atoms with van der Waals surface area (Å²) in [4.78, 5) is 16.9. The van der Waals surface area contributed by atoms with Crippen molar-refractivity contribution >= 4 is 15.9 Å². The van der Waals surface area contributed by atoms with Crippen molar-refractivity contribution in [2.75, 3.05) is 13.1 Å². The fourth-order valence-electron chi connectivity index (χ4n) is 3.49. The molecule has 1 saturated heterocycles. The lowest BCUT2D eigenvalue weighted by atomic mass is 9.97. The van der Waals surface area contributed by atoms with E-state index < -0.39 is 10.0 Å². The van der Waals surface area contributed by atoms with Gasteiger partial charge in [-0.25, -0.2) is 8.42 Å². The molecule has 0 aliphatic carbocycles. The first-order valence-electron chi connectivity index (χ1n) is 10.5.